The summed E-state index contributed by atoms with van der Waals surface area (Å²) in [4.78, 5) is 0. The van der Waals surface area contributed by atoms with E-state index in [-0.39, 0.29) is 11.5 Å². The molecule has 5 rings (SSSR count). The first-order chi connectivity index (χ1) is 16.5. The Hall–Kier alpha value is -4.70. The molecule has 0 aromatic heterocycles. The predicted molar refractivity (Wildman–Crippen MR) is 140 cm³/mol. The molecule has 4 heteroatoms. The second-order valence-electron chi connectivity index (χ2n) is 8.16. The SMILES string of the molecule is Nc1c(N)c(-c2cccc(O)c2)c(-c2cccc(O)c2)c(-c2ccccc2)c1-c1ccccc1. The second kappa shape index (κ2) is 8.68. The third-order valence-corrected chi connectivity index (χ3v) is 5.97. The molecule has 0 atom stereocenters. The maximum atomic E-state index is 10.4. The Bertz CT molecular complexity index is 1480. The van der Waals surface area contributed by atoms with Crippen LogP contribution in [0.5, 0.6) is 11.5 Å². The molecule has 0 spiro atoms. The lowest BCUT2D eigenvalue weighted by Crippen LogP contribution is -2.05. The monoisotopic (exact) mass is 444 g/mol. The van der Waals surface area contributed by atoms with Crippen molar-refractivity contribution in [2.45, 2.75) is 0 Å². The van der Waals surface area contributed by atoms with Gasteiger partial charge in [0.2, 0.25) is 0 Å². The molecule has 0 heterocycles. The summed E-state index contributed by atoms with van der Waals surface area (Å²) in [6.45, 7) is 0. The fourth-order valence-electron chi connectivity index (χ4n) is 4.50. The van der Waals surface area contributed by atoms with Crippen molar-refractivity contribution in [3.63, 3.8) is 0 Å². The molecule has 0 bridgehead atoms. The Labute approximate surface area is 198 Å². The molecule has 166 valence electrons. The Morgan fingerprint density at radius 2 is 0.735 bits per heavy atom. The molecule has 0 saturated carbocycles. The number of anilines is 2. The standard InChI is InChI=1S/C30H24N2O2/c31-29-27(20-11-5-2-6-12-20)25(19-9-3-1-4-10-19)26(21-13-7-15-23(33)17-21)28(30(29)32)22-14-8-16-24(34)18-22/h1-18,33-34H,31-32H2. The van der Waals surface area contributed by atoms with Crippen molar-refractivity contribution in [2.75, 3.05) is 11.5 Å². The van der Waals surface area contributed by atoms with Crippen LogP contribution in [0.3, 0.4) is 0 Å². The third kappa shape index (κ3) is 3.71. The predicted octanol–water partition coefficient (Wildman–Crippen LogP) is 6.93. The number of rotatable bonds is 4. The average molecular weight is 445 g/mol. The van der Waals surface area contributed by atoms with Crippen molar-refractivity contribution in [1.82, 2.24) is 0 Å². The summed E-state index contributed by atoms with van der Waals surface area (Å²) in [7, 11) is 0. The van der Waals surface area contributed by atoms with E-state index in [0.717, 1.165) is 38.9 Å². The molecule has 0 fully saturated rings. The molecule has 0 aliphatic carbocycles. The molecule has 0 aliphatic heterocycles. The van der Waals surface area contributed by atoms with Gasteiger partial charge in [0.1, 0.15) is 11.5 Å². The fraction of sp³-hybridized carbons (Fsp3) is 0. The van der Waals surface area contributed by atoms with Crippen molar-refractivity contribution in [3.05, 3.63) is 109 Å². The van der Waals surface area contributed by atoms with Crippen molar-refractivity contribution in [3.8, 4) is 56.0 Å². The first kappa shape index (κ1) is 21.2. The van der Waals surface area contributed by atoms with Crippen molar-refractivity contribution < 1.29 is 10.2 Å². The first-order valence-electron chi connectivity index (χ1n) is 11.0. The lowest BCUT2D eigenvalue weighted by molar-refractivity contribution is 0.475. The smallest absolute Gasteiger partial charge is 0.116 e. The minimum Gasteiger partial charge on any atom is -0.508 e. The Kier molecular flexibility index (Phi) is 5.40. The summed E-state index contributed by atoms with van der Waals surface area (Å²) in [6, 6.07) is 34.0. The molecule has 0 aliphatic rings. The van der Waals surface area contributed by atoms with Crippen molar-refractivity contribution in [1.29, 1.82) is 0 Å². The molecule has 5 aromatic rings. The van der Waals surface area contributed by atoms with Gasteiger partial charge in [0.05, 0.1) is 11.4 Å². The number of aromatic hydroxyl groups is 2. The minimum atomic E-state index is 0.130. The average Bonchev–Trinajstić information content (AvgIpc) is 2.86. The number of phenolic OH excluding ortho intramolecular Hbond substituents is 2. The number of nitrogen functional groups attached to an aromatic ring is 2. The highest BCUT2D eigenvalue weighted by atomic mass is 16.3. The minimum absolute atomic E-state index is 0.130. The zero-order valence-electron chi connectivity index (χ0n) is 18.4. The third-order valence-electron chi connectivity index (χ3n) is 5.97. The van der Waals surface area contributed by atoms with Gasteiger partial charge in [-0.15, -0.1) is 0 Å². The summed E-state index contributed by atoms with van der Waals surface area (Å²) < 4.78 is 0. The molecule has 0 unspecified atom stereocenters. The van der Waals surface area contributed by atoms with Gasteiger partial charge in [-0.2, -0.15) is 0 Å². The van der Waals surface area contributed by atoms with E-state index in [1.807, 2.05) is 72.8 Å². The zero-order valence-corrected chi connectivity index (χ0v) is 18.4. The van der Waals surface area contributed by atoms with Crippen LogP contribution in [0.4, 0.5) is 11.4 Å². The van der Waals surface area contributed by atoms with E-state index in [1.54, 1.807) is 36.4 Å². The van der Waals surface area contributed by atoms with Crippen molar-refractivity contribution in [2.24, 2.45) is 0 Å². The van der Waals surface area contributed by atoms with Gasteiger partial charge in [0.25, 0.3) is 0 Å². The zero-order chi connectivity index (χ0) is 23.7. The Morgan fingerprint density at radius 1 is 0.382 bits per heavy atom. The van der Waals surface area contributed by atoms with E-state index in [0.29, 0.717) is 16.9 Å². The van der Waals surface area contributed by atoms with Gasteiger partial charge in [-0.1, -0.05) is 84.9 Å². The van der Waals surface area contributed by atoms with E-state index >= 15 is 0 Å². The van der Waals surface area contributed by atoms with E-state index < -0.39 is 0 Å². The van der Waals surface area contributed by atoms with Gasteiger partial charge in [-0.05, 0) is 46.5 Å². The lowest BCUT2D eigenvalue weighted by atomic mass is 9.80. The van der Waals surface area contributed by atoms with Crippen LogP contribution in [0.2, 0.25) is 0 Å². The number of benzene rings is 5. The molecular formula is C30H24N2O2. The maximum Gasteiger partial charge on any atom is 0.116 e. The van der Waals surface area contributed by atoms with Crippen LogP contribution in [-0.4, -0.2) is 10.2 Å². The second-order valence-corrected chi connectivity index (χ2v) is 8.16. The fourth-order valence-corrected chi connectivity index (χ4v) is 4.50. The van der Waals surface area contributed by atoms with Gasteiger partial charge >= 0.3 is 0 Å². The quantitative estimate of drug-likeness (QED) is 0.226. The highest BCUT2D eigenvalue weighted by Gasteiger charge is 2.25. The van der Waals surface area contributed by atoms with E-state index in [2.05, 4.69) is 0 Å². The maximum absolute atomic E-state index is 10.4. The Morgan fingerprint density at radius 3 is 1.21 bits per heavy atom. The molecule has 0 radical (unpaired) electrons. The van der Waals surface area contributed by atoms with Crippen molar-refractivity contribution >= 4 is 11.4 Å². The normalized spacial score (nSPS) is 10.8. The number of phenols is 2. The van der Waals surface area contributed by atoms with Crippen LogP contribution in [0.1, 0.15) is 0 Å². The summed E-state index contributed by atoms with van der Waals surface area (Å²) in [5.41, 5.74) is 21.1. The van der Waals surface area contributed by atoms with Crippen LogP contribution < -0.4 is 11.5 Å². The van der Waals surface area contributed by atoms with Crippen LogP contribution in [0, 0.1) is 0 Å². The van der Waals surface area contributed by atoms with Gasteiger partial charge < -0.3 is 21.7 Å². The van der Waals surface area contributed by atoms with E-state index in [4.69, 9.17) is 11.5 Å². The summed E-state index contributed by atoms with van der Waals surface area (Å²) in [5.74, 6) is 0.278. The first-order valence-corrected chi connectivity index (χ1v) is 11.0. The van der Waals surface area contributed by atoms with Crippen LogP contribution in [0.25, 0.3) is 44.5 Å². The molecule has 6 N–H and O–H groups in total. The largest absolute Gasteiger partial charge is 0.508 e. The topological polar surface area (TPSA) is 92.5 Å². The van der Waals surface area contributed by atoms with Gasteiger partial charge in [-0.25, -0.2) is 0 Å². The highest BCUT2D eigenvalue weighted by Crippen LogP contribution is 2.52. The van der Waals surface area contributed by atoms with Crippen LogP contribution in [0.15, 0.2) is 109 Å². The summed E-state index contributed by atoms with van der Waals surface area (Å²) >= 11 is 0. The molecule has 5 aromatic carbocycles. The summed E-state index contributed by atoms with van der Waals surface area (Å²) in [5, 5.41) is 20.6. The number of hydrogen-bond donors (Lipinski definition) is 4. The molecule has 0 amide bonds. The van der Waals surface area contributed by atoms with Crippen LogP contribution in [-0.2, 0) is 0 Å². The Balaban J connectivity index is 2.02. The van der Waals surface area contributed by atoms with E-state index in [9.17, 15) is 10.2 Å². The lowest BCUT2D eigenvalue weighted by Gasteiger charge is -2.25. The summed E-state index contributed by atoms with van der Waals surface area (Å²) in [6.07, 6.45) is 0. The van der Waals surface area contributed by atoms with Gasteiger partial charge in [0.15, 0.2) is 0 Å². The molecule has 34 heavy (non-hydrogen) atoms. The number of hydrogen-bond acceptors (Lipinski definition) is 4. The molecular weight excluding hydrogens is 420 g/mol. The molecule has 4 nitrogen and oxygen atoms in total. The molecule has 0 saturated heterocycles. The van der Waals surface area contributed by atoms with E-state index in [1.165, 1.54) is 0 Å². The highest BCUT2D eigenvalue weighted by molar-refractivity contribution is 6.12. The number of nitrogens with two attached hydrogens (primary N) is 2. The van der Waals surface area contributed by atoms with Crippen LogP contribution >= 0.6 is 0 Å². The van der Waals surface area contributed by atoms with Gasteiger partial charge in [0, 0.05) is 22.3 Å². The van der Waals surface area contributed by atoms with Gasteiger partial charge in [-0.3, -0.25) is 0 Å².